The molecule has 0 aliphatic carbocycles. The second kappa shape index (κ2) is 5.78. The van der Waals surface area contributed by atoms with Crippen LogP contribution in [0.4, 0.5) is 5.69 Å². The number of nitrogens with zero attached hydrogens (tertiary/aromatic N) is 1. The molecule has 1 atom stereocenters. The van der Waals surface area contributed by atoms with Crippen LogP contribution in [0.1, 0.15) is 34.5 Å². The summed E-state index contributed by atoms with van der Waals surface area (Å²) in [6, 6.07) is 15.5. The van der Waals surface area contributed by atoms with Crippen LogP contribution in [-0.4, -0.2) is 17.9 Å². The largest absolute Gasteiger partial charge is 0.398 e. The van der Waals surface area contributed by atoms with Gasteiger partial charge in [0.15, 0.2) is 0 Å². The van der Waals surface area contributed by atoms with Gasteiger partial charge in [-0.1, -0.05) is 42.5 Å². The molecular formula is C17H20N2O. The van der Waals surface area contributed by atoms with Gasteiger partial charge in [0.2, 0.25) is 0 Å². The van der Waals surface area contributed by atoms with Crippen LogP contribution in [0, 0.1) is 6.92 Å². The number of hydrogen-bond donors (Lipinski definition) is 1. The highest BCUT2D eigenvalue weighted by Crippen LogP contribution is 2.24. The van der Waals surface area contributed by atoms with Crippen molar-refractivity contribution in [3.05, 3.63) is 65.2 Å². The summed E-state index contributed by atoms with van der Waals surface area (Å²) in [5.74, 6) is -0.0445. The van der Waals surface area contributed by atoms with Crippen LogP contribution in [-0.2, 0) is 0 Å². The minimum absolute atomic E-state index is 0.00251. The van der Waals surface area contributed by atoms with E-state index in [0.29, 0.717) is 11.3 Å². The number of amides is 1. The molecule has 0 spiro atoms. The Morgan fingerprint density at radius 2 is 1.75 bits per heavy atom. The lowest BCUT2D eigenvalue weighted by molar-refractivity contribution is 0.0743. The molecule has 3 heteroatoms. The molecule has 2 rings (SSSR count). The van der Waals surface area contributed by atoms with Crippen molar-refractivity contribution >= 4 is 11.6 Å². The molecule has 2 aromatic rings. The Bertz CT molecular complexity index is 587. The van der Waals surface area contributed by atoms with E-state index in [9.17, 15) is 4.79 Å². The number of hydrogen-bond acceptors (Lipinski definition) is 2. The van der Waals surface area contributed by atoms with Gasteiger partial charge in [-0.05, 0) is 31.0 Å². The summed E-state index contributed by atoms with van der Waals surface area (Å²) in [6.07, 6.45) is 0. The summed E-state index contributed by atoms with van der Waals surface area (Å²) in [5.41, 5.74) is 9.09. The summed E-state index contributed by atoms with van der Waals surface area (Å²) in [6.45, 7) is 3.92. The van der Waals surface area contributed by atoms with Crippen LogP contribution in [0.3, 0.4) is 0 Å². The third-order valence-electron chi connectivity index (χ3n) is 3.70. The number of carbonyl (C=O) groups is 1. The molecule has 0 saturated heterocycles. The van der Waals surface area contributed by atoms with Crippen LogP contribution in [0.2, 0.25) is 0 Å². The molecule has 0 bridgehead atoms. The van der Waals surface area contributed by atoms with E-state index >= 15 is 0 Å². The van der Waals surface area contributed by atoms with Gasteiger partial charge in [0.25, 0.3) is 5.91 Å². The number of aryl methyl sites for hydroxylation is 1. The highest BCUT2D eigenvalue weighted by molar-refractivity contribution is 6.00. The first-order chi connectivity index (χ1) is 9.52. The molecule has 0 aromatic heterocycles. The highest BCUT2D eigenvalue weighted by atomic mass is 16.2. The fraction of sp³-hybridized carbons (Fsp3) is 0.235. The maximum absolute atomic E-state index is 12.6. The average Bonchev–Trinajstić information content (AvgIpc) is 2.46. The molecule has 2 aromatic carbocycles. The number of benzene rings is 2. The van der Waals surface area contributed by atoms with Gasteiger partial charge >= 0.3 is 0 Å². The second-order valence-corrected chi connectivity index (χ2v) is 5.04. The smallest absolute Gasteiger partial charge is 0.256 e. The molecule has 0 aliphatic rings. The van der Waals surface area contributed by atoms with Crippen molar-refractivity contribution < 1.29 is 4.79 Å². The van der Waals surface area contributed by atoms with Gasteiger partial charge in [0, 0.05) is 12.7 Å². The molecule has 0 saturated carbocycles. The third-order valence-corrected chi connectivity index (χ3v) is 3.70. The Morgan fingerprint density at radius 3 is 2.35 bits per heavy atom. The Balaban J connectivity index is 2.29. The van der Waals surface area contributed by atoms with Gasteiger partial charge in [-0.2, -0.15) is 0 Å². The van der Waals surface area contributed by atoms with Crippen molar-refractivity contribution in [1.29, 1.82) is 0 Å². The van der Waals surface area contributed by atoms with Crippen LogP contribution >= 0.6 is 0 Å². The van der Waals surface area contributed by atoms with E-state index in [0.717, 1.165) is 11.1 Å². The lowest BCUT2D eigenvalue weighted by atomic mass is 10.0. The highest BCUT2D eigenvalue weighted by Gasteiger charge is 2.21. The van der Waals surface area contributed by atoms with Crippen LogP contribution in [0.25, 0.3) is 0 Å². The number of rotatable bonds is 3. The topological polar surface area (TPSA) is 46.3 Å². The summed E-state index contributed by atoms with van der Waals surface area (Å²) < 4.78 is 0. The molecule has 20 heavy (non-hydrogen) atoms. The predicted octanol–water partition coefficient (Wildman–Crippen LogP) is 3.41. The zero-order valence-corrected chi connectivity index (χ0v) is 12.1. The molecule has 0 fully saturated rings. The number of anilines is 1. The van der Waals surface area contributed by atoms with E-state index in [2.05, 4.69) is 0 Å². The van der Waals surface area contributed by atoms with Gasteiger partial charge in [0.05, 0.1) is 11.6 Å². The Hall–Kier alpha value is -2.29. The fourth-order valence-corrected chi connectivity index (χ4v) is 2.29. The first kappa shape index (κ1) is 14.1. The minimum atomic E-state index is -0.0445. The van der Waals surface area contributed by atoms with Crippen molar-refractivity contribution in [1.82, 2.24) is 4.90 Å². The summed E-state index contributed by atoms with van der Waals surface area (Å²) in [5, 5.41) is 0. The van der Waals surface area contributed by atoms with E-state index in [1.165, 1.54) is 0 Å². The number of nitrogen functional groups attached to an aromatic ring is 1. The van der Waals surface area contributed by atoms with Gasteiger partial charge in [-0.15, -0.1) is 0 Å². The van der Waals surface area contributed by atoms with Gasteiger partial charge in [0.1, 0.15) is 0 Å². The molecule has 2 N–H and O–H groups in total. The Labute approximate surface area is 120 Å². The van der Waals surface area contributed by atoms with Gasteiger partial charge in [-0.25, -0.2) is 0 Å². The quantitative estimate of drug-likeness (QED) is 0.867. The summed E-state index contributed by atoms with van der Waals surface area (Å²) in [4.78, 5) is 14.4. The fourth-order valence-electron chi connectivity index (χ4n) is 2.29. The lowest BCUT2D eigenvalue weighted by Gasteiger charge is -2.26. The Morgan fingerprint density at radius 1 is 1.10 bits per heavy atom. The van der Waals surface area contributed by atoms with Gasteiger partial charge < -0.3 is 10.6 Å². The standard InChI is InChI=1S/C17H20N2O/c1-12-8-7-11-15(18)16(12)17(20)19(3)13(2)14-9-5-4-6-10-14/h4-11,13H,18H2,1-3H3. The third kappa shape index (κ3) is 2.67. The van der Waals surface area contributed by atoms with E-state index in [-0.39, 0.29) is 11.9 Å². The van der Waals surface area contributed by atoms with E-state index in [1.807, 2.05) is 63.4 Å². The maximum Gasteiger partial charge on any atom is 0.256 e. The van der Waals surface area contributed by atoms with E-state index < -0.39 is 0 Å². The molecule has 3 nitrogen and oxygen atoms in total. The van der Waals surface area contributed by atoms with Crippen molar-refractivity contribution in [2.45, 2.75) is 19.9 Å². The average molecular weight is 268 g/mol. The molecule has 0 heterocycles. The molecule has 0 radical (unpaired) electrons. The van der Waals surface area contributed by atoms with Crippen LogP contribution in [0.15, 0.2) is 48.5 Å². The molecule has 1 unspecified atom stereocenters. The SMILES string of the molecule is Cc1cccc(N)c1C(=O)N(C)C(C)c1ccccc1. The van der Waals surface area contributed by atoms with Crippen LogP contribution in [0.5, 0.6) is 0 Å². The summed E-state index contributed by atoms with van der Waals surface area (Å²) in [7, 11) is 1.81. The zero-order valence-electron chi connectivity index (χ0n) is 12.1. The first-order valence-electron chi connectivity index (χ1n) is 6.69. The van der Waals surface area contributed by atoms with Gasteiger partial charge in [-0.3, -0.25) is 4.79 Å². The van der Waals surface area contributed by atoms with Crippen molar-refractivity contribution in [3.63, 3.8) is 0 Å². The zero-order chi connectivity index (χ0) is 14.7. The minimum Gasteiger partial charge on any atom is -0.398 e. The maximum atomic E-state index is 12.6. The first-order valence-corrected chi connectivity index (χ1v) is 6.69. The second-order valence-electron chi connectivity index (χ2n) is 5.04. The Kier molecular flexibility index (Phi) is 4.08. The van der Waals surface area contributed by atoms with Crippen molar-refractivity contribution in [2.75, 3.05) is 12.8 Å². The number of nitrogens with two attached hydrogens (primary N) is 1. The number of carbonyl (C=O) groups excluding carboxylic acids is 1. The van der Waals surface area contributed by atoms with E-state index in [1.54, 1.807) is 11.0 Å². The molecule has 104 valence electrons. The van der Waals surface area contributed by atoms with Crippen molar-refractivity contribution in [3.8, 4) is 0 Å². The summed E-state index contributed by atoms with van der Waals surface area (Å²) >= 11 is 0. The monoisotopic (exact) mass is 268 g/mol. The molecular weight excluding hydrogens is 248 g/mol. The lowest BCUT2D eigenvalue weighted by Crippen LogP contribution is -2.30. The van der Waals surface area contributed by atoms with Crippen molar-refractivity contribution in [2.24, 2.45) is 0 Å². The molecule has 1 amide bonds. The molecule has 0 aliphatic heterocycles. The predicted molar refractivity (Wildman–Crippen MR) is 82.5 cm³/mol. The normalized spacial score (nSPS) is 11.9. The van der Waals surface area contributed by atoms with E-state index in [4.69, 9.17) is 5.73 Å². The van der Waals surface area contributed by atoms with Crippen LogP contribution < -0.4 is 5.73 Å².